The van der Waals surface area contributed by atoms with Gasteiger partial charge in [0, 0.05) is 17.2 Å². The van der Waals surface area contributed by atoms with Crippen molar-refractivity contribution in [3.63, 3.8) is 0 Å². The lowest BCUT2D eigenvalue weighted by Crippen LogP contribution is -2.45. The van der Waals surface area contributed by atoms with Crippen LogP contribution in [-0.2, 0) is 10.3 Å². The number of aryl methyl sites for hydroxylation is 1. The zero-order chi connectivity index (χ0) is 24.6. The Hall–Kier alpha value is -4.47. The van der Waals surface area contributed by atoms with Gasteiger partial charge in [0.05, 0.1) is 11.5 Å². The van der Waals surface area contributed by atoms with E-state index in [9.17, 15) is 33.3 Å². The van der Waals surface area contributed by atoms with Crippen LogP contribution in [0.15, 0.2) is 66.7 Å². The summed E-state index contributed by atoms with van der Waals surface area (Å²) in [5.41, 5.74) is -1.37. The number of amides is 3. The van der Waals surface area contributed by atoms with Gasteiger partial charge in [-0.05, 0) is 42.3 Å². The average molecular weight is 465 g/mol. The Labute approximate surface area is 192 Å². The SMILES string of the molecule is Cc1ccc(C(=O)CN2C(=O)NC(c3ccc(F)cc3)(c3ccc(F)cc3)C2=O)cc1[N+](=O)[O-]. The molecular formula is C24H17F2N3O5. The summed E-state index contributed by atoms with van der Waals surface area (Å²) in [5, 5.41) is 13.8. The van der Waals surface area contributed by atoms with E-state index in [0.29, 0.717) is 10.5 Å². The number of nitrogens with zero attached hydrogens (tertiary/aromatic N) is 2. The van der Waals surface area contributed by atoms with Crippen LogP contribution in [0.25, 0.3) is 0 Å². The summed E-state index contributed by atoms with van der Waals surface area (Å²) in [6.07, 6.45) is 0. The Kier molecular flexibility index (Phi) is 5.66. The highest BCUT2D eigenvalue weighted by atomic mass is 19.1. The molecule has 0 aliphatic carbocycles. The summed E-state index contributed by atoms with van der Waals surface area (Å²) in [6.45, 7) is 0.832. The molecule has 0 radical (unpaired) electrons. The first-order chi connectivity index (χ1) is 16.1. The second-order valence-electron chi connectivity index (χ2n) is 7.77. The fourth-order valence-electron chi connectivity index (χ4n) is 3.89. The molecule has 4 rings (SSSR count). The molecule has 0 aromatic heterocycles. The maximum Gasteiger partial charge on any atom is 0.325 e. The molecule has 0 spiro atoms. The minimum Gasteiger partial charge on any atom is -0.315 e. The fourth-order valence-corrected chi connectivity index (χ4v) is 3.89. The Balaban J connectivity index is 1.73. The summed E-state index contributed by atoms with van der Waals surface area (Å²) in [4.78, 5) is 50.6. The monoisotopic (exact) mass is 465 g/mol. The van der Waals surface area contributed by atoms with Gasteiger partial charge in [0.15, 0.2) is 11.3 Å². The second kappa shape index (κ2) is 8.47. The van der Waals surface area contributed by atoms with Crippen LogP contribution in [0.2, 0.25) is 0 Å². The predicted octanol–water partition coefficient (Wildman–Crippen LogP) is 3.86. The molecule has 0 bridgehead atoms. The molecule has 34 heavy (non-hydrogen) atoms. The van der Waals surface area contributed by atoms with Crippen LogP contribution in [0, 0.1) is 28.7 Å². The van der Waals surface area contributed by atoms with Gasteiger partial charge in [-0.3, -0.25) is 24.6 Å². The third kappa shape index (κ3) is 3.79. The largest absolute Gasteiger partial charge is 0.325 e. The van der Waals surface area contributed by atoms with Crippen molar-refractivity contribution in [2.75, 3.05) is 6.54 Å². The van der Waals surface area contributed by atoms with Crippen molar-refractivity contribution in [1.82, 2.24) is 10.2 Å². The van der Waals surface area contributed by atoms with Crippen molar-refractivity contribution in [3.05, 3.63) is 111 Å². The third-order valence-corrected chi connectivity index (χ3v) is 5.69. The number of nitro benzene ring substituents is 1. The maximum absolute atomic E-state index is 13.6. The number of halogens is 2. The van der Waals surface area contributed by atoms with E-state index in [1.54, 1.807) is 0 Å². The Morgan fingerprint density at radius 3 is 2.00 bits per heavy atom. The highest BCUT2D eigenvalue weighted by Gasteiger charge is 2.54. The number of benzene rings is 3. The number of imide groups is 1. The van der Waals surface area contributed by atoms with E-state index in [4.69, 9.17) is 0 Å². The molecule has 1 N–H and O–H groups in total. The summed E-state index contributed by atoms with van der Waals surface area (Å²) in [5.74, 6) is -2.66. The first-order valence-corrected chi connectivity index (χ1v) is 10.1. The van der Waals surface area contributed by atoms with Gasteiger partial charge in [-0.1, -0.05) is 36.4 Å². The first-order valence-electron chi connectivity index (χ1n) is 10.1. The van der Waals surface area contributed by atoms with E-state index >= 15 is 0 Å². The second-order valence-corrected chi connectivity index (χ2v) is 7.77. The Bertz CT molecular complexity index is 1280. The minimum atomic E-state index is -1.82. The molecule has 3 aromatic rings. The quantitative estimate of drug-likeness (QED) is 0.257. The third-order valence-electron chi connectivity index (χ3n) is 5.69. The van der Waals surface area contributed by atoms with Crippen molar-refractivity contribution in [2.45, 2.75) is 12.5 Å². The molecule has 172 valence electrons. The first kappa shape index (κ1) is 22.7. The van der Waals surface area contributed by atoms with Crippen molar-refractivity contribution in [1.29, 1.82) is 0 Å². The number of carbonyl (C=O) groups is 3. The number of urea groups is 1. The van der Waals surface area contributed by atoms with Gasteiger partial charge in [0.1, 0.15) is 11.6 Å². The molecule has 1 saturated heterocycles. The van der Waals surface area contributed by atoms with Crippen molar-refractivity contribution >= 4 is 23.4 Å². The van der Waals surface area contributed by atoms with Crippen LogP contribution in [0.4, 0.5) is 19.3 Å². The maximum atomic E-state index is 13.6. The number of hydrogen-bond donors (Lipinski definition) is 1. The number of rotatable bonds is 6. The van der Waals surface area contributed by atoms with Gasteiger partial charge in [0.25, 0.3) is 11.6 Å². The molecule has 1 heterocycles. The van der Waals surface area contributed by atoms with E-state index in [1.807, 2.05) is 0 Å². The van der Waals surface area contributed by atoms with Crippen LogP contribution in [0.1, 0.15) is 27.0 Å². The minimum absolute atomic E-state index is 0.0426. The standard InChI is InChI=1S/C24H17F2N3O5/c1-14-2-3-15(12-20(14)29(33)34)21(30)13-28-22(31)24(27-23(28)32,16-4-8-18(25)9-5-16)17-6-10-19(26)11-7-17/h2-12H,13H2,1H3,(H,27,32). The molecule has 10 heteroatoms. The normalized spacial score (nSPS) is 14.7. The Morgan fingerprint density at radius 1 is 0.971 bits per heavy atom. The van der Waals surface area contributed by atoms with E-state index in [-0.39, 0.29) is 22.4 Å². The molecule has 3 amide bonds. The van der Waals surface area contributed by atoms with Crippen molar-refractivity contribution < 1.29 is 28.1 Å². The van der Waals surface area contributed by atoms with Gasteiger partial charge in [-0.25, -0.2) is 13.6 Å². The zero-order valence-corrected chi connectivity index (χ0v) is 17.7. The summed E-state index contributed by atoms with van der Waals surface area (Å²) < 4.78 is 27.1. The van der Waals surface area contributed by atoms with E-state index < -0.39 is 46.4 Å². The van der Waals surface area contributed by atoms with E-state index in [1.165, 1.54) is 43.3 Å². The van der Waals surface area contributed by atoms with E-state index in [2.05, 4.69) is 5.32 Å². The van der Waals surface area contributed by atoms with Gasteiger partial charge in [0.2, 0.25) is 0 Å². The summed E-state index contributed by atoms with van der Waals surface area (Å²) >= 11 is 0. The number of Topliss-reactive ketones (excluding diaryl/α,β-unsaturated/α-hetero) is 1. The van der Waals surface area contributed by atoms with Gasteiger partial charge < -0.3 is 5.32 Å². The van der Waals surface area contributed by atoms with Crippen LogP contribution in [0.5, 0.6) is 0 Å². The summed E-state index contributed by atoms with van der Waals surface area (Å²) in [7, 11) is 0. The fraction of sp³-hybridized carbons (Fsp3) is 0.125. The zero-order valence-electron chi connectivity index (χ0n) is 17.7. The van der Waals surface area contributed by atoms with Crippen LogP contribution in [0.3, 0.4) is 0 Å². The molecule has 1 aliphatic heterocycles. The van der Waals surface area contributed by atoms with Gasteiger partial charge >= 0.3 is 6.03 Å². The molecule has 8 nitrogen and oxygen atoms in total. The lowest BCUT2D eigenvalue weighted by molar-refractivity contribution is -0.385. The lowest BCUT2D eigenvalue weighted by atomic mass is 9.82. The van der Waals surface area contributed by atoms with Gasteiger partial charge in [-0.15, -0.1) is 0 Å². The number of hydrogen-bond acceptors (Lipinski definition) is 5. The molecule has 0 atom stereocenters. The molecule has 1 aliphatic rings. The summed E-state index contributed by atoms with van der Waals surface area (Å²) in [6, 6.07) is 12.7. The van der Waals surface area contributed by atoms with Crippen molar-refractivity contribution in [2.24, 2.45) is 0 Å². The smallest absolute Gasteiger partial charge is 0.315 e. The van der Waals surface area contributed by atoms with Gasteiger partial charge in [-0.2, -0.15) is 0 Å². The van der Waals surface area contributed by atoms with Crippen molar-refractivity contribution in [3.8, 4) is 0 Å². The number of nitrogens with one attached hydrogen (secondary N) is 1. The van der Waals surface area contributed by atoms with Crippen LogP contribution >= 0.6 is 0 Å². The predicted molar refractivity (Wildman–Crippen MR) is 116 cm³/mol. The number of carbonyl (C=O) groups excluding carboxylic acids is 3. The molecular weight excluding hydrogens is 448 g/mol. The molecule has 0 unspecified atom stereocenters. The van der Waals surface area contributed by atoms with Crippen LogP contribution < -0.4 is 5.32 Å². The van der Waals surface area contributed by atoms with Crippen LogP contribution in [-0.4, -0.2) is 34.1 Å². The Morgan fingerprint density at radius 2 is 1.50 bits per heavy atom. The highest BCUT2D eigenvalue weighted by molar-refractivity contribution is 6.13. The molecule has 3 aromatic carbocycles. The molecule has 0 saturated carbocycles. The number of ketones is 1. The molecule has 1 fully saturated rings. The topological polar surface area (TPSA) is 110 Å². The lowest BCUT2D eigenvalue weighted by Gasteiger charge is -2.28. The number of nitro groups is 1. The highest BCUT2D eigenvalue weighted by Crippen LogP contribution is 2.36. The average Bonchev–Trinajstić information content (AvgIpc) is 3.05. The van der Waals surface area contributed by atoms with E-state index in [0.717, 1.165) is 30.3 Å².